The van der Waals surface area contributed by atoms with E-state index in [9.17, 15) is 9.59 Å². The van der Waals surface area contributed by atoms with Crippen LogP contribution in [0, 0.1) is 17.8 Å². The Labute approximate surface area is 121 Å². The largest absolute Gasteiger partial charge is 0.444 e. The van der Waals surface area contributed by atoms with E-state index < -0.39 is 17.7 Å². The lowest BCUT2D eigenvalue weighted by molar-refractivity contribution is -0.124. The van der Waals surface area contributed by atoms with E-state index in [-0.39, 0.29) is 11.8 Å². The standard InChI is InChI=1S/C15H28N2O3/c1-9(2)12(17-14(19)20-15(4,5)6)13(18)16-8-11-7-10(11)3/h9-12H,7-8H2,1-6H3,(H,16,18)(H,17,19). The molecule has 5 nitrogen and oxygen atoms in total. The molecular weight excluding hydrogens is 256 g/mol. The van der Waals surface area contributed by atoms with Crippen LogP contribution in [0.15, 0.2) is 0 Å². The van der Waals surface area contributed by atoms with Crippen molar-refractivity contribution in [2.45, 2.75) is 59.6 Å². The summed E-state index contributed by atoms with van der Waals surface area (Å²) in [7, 11) is 0. The molecule has 5 heteroatoms. The van der Waals surface area contributed by atoms with E-state index in [2.05, 4.69) is 17.6 Å². The minimum Gasteiger partial charge on any atom is -0.444 e. The van der Waals surface area contributed by atoms with Crippen molar-refractivity contribution in [2.24, 2.45) is 17.8 Å². The van der Waals surface area contributed by atoms with Gasteiger partial charge in [-0.2, -0.15) is 0 Å². The van der Waals surface area contributed by atoms with E-state index in [4.69, 9.17) is 4.74 Å². The minimum absolute atomic E-state index is 0.0131. The summed E-state index contributed by atoms with van der Waals surface area (Å²) in [5, 5.41) is 5.57. The van der Waals surface area contributed by atoms with Crippen LogP contribution < -0.4 is 10.6 Å². The molecule has 0 aromatic carbocycles. The zero-order valence-electron chi connectivity index (χ0n) is 13.4. The van der Waals surface area contributed by atoms with E-state index >= 15 is 0 Å². The maximum absolute atomic E-state index is 12.1. The Morgan fingerprint density at radius 2 is 1.85 bits per heavy atom. The highest BCUT2D eigenvalue weighted by atomic mass is 16.6. The molecule has 20 heavy (non-hydrogen) atoms. The summed E-state index contributed by atoms with van der Waals surface area (Å²) >= 11 is 0. The van der Waals surface area contributed by atoms with Gasteiger partial charge < -0.3 is 15.4 Å². The zero-order chi connectivity index (χ0) is 15.5. The molecule has 1 saturated carbocycles. The Morgan fingerprint density at radius 1 is 1.30 bits per heavy atom. The van der Waals surface area contributed by atoms with Crippen LogP contribution in [-0.2, 0) is 9.53 Å². The SMILES string of the molecule is CC(C)C(NC(=O)OC(C)(C)C)C(=O)NCC1CC1C. The van der Waals surface area contributed by atoms with E-state index in [1.807, 2.05) is 13.8 Å². The molecule has 0 spiro atoms. The lowest BCUT2D eigenvalue weighted by Crippen LogP contribution is -2.51. The van der Waals surface area contributed by atoms with Crippen molar-refractivity contribution in [3.8, 4) is 0 Å². The predicted octanol–water partition coefficient (Wildman–Crippen LogP) is 2.31. The average molecular weight is 284 g/mol. The van der Waals surface area contributed by atoms with Crippen LogP contribution in [0.4, 0.5) is 4.79 Å². The average Bonchev–Trinajstić information content (AvgIpc) is 2.96. The van der Waals surface area contributed by atoms with Gasteiger partial charge in [0.05, 0.1) is 0 Å². The van der Waals surface area contributed by atoms with Gasteiger partial charge in [-0.15, -0.1) is 0 Å². The second-order valence-electron chi connectivity index (χ2n) is 7.09. The van der Waals surface area contributed by atoms with Crippen molar-refractivity contribution >= 4 is 12.0 Å². The summed E-state index contributed by atoms with van der Waals surface area (Å²) in [6.45, 7) is 12.1. The van der Waals surface area contributed by atoms with Gasteiger partial charge in [-0.25, -0.2) is 4.79 Å². The quantitative estimate of drug-likeness (QED) is 0.814. The molecule has 1 aliphatic carbocycles. The van der Waals surface area contributed by atoms with Gasteiger partial charge in [0.25, 0.3) is 0 Å². The number of carbonyl (C=O) groups excluding carboxylic acids is 2. The number of hydrogen-bond donors (Lipinski definition) is 2. The molecule has 0 heterocycles. The summed E-state index contributed by atoms with van der Waals surface area (Å²) < 4.78 is 5.19. The normalized spacial score (nSPS) is 23.1. The van der Waals surface area contributed by atoms with Crippen molar-refractivity contribution in [2.75, 3.05) is 6.54 Å². The van der Waals surface area contributed by atoms with E-state index in [1.54, 1.807) is 20.8 Å². The summed E-state index contributed by atoms with van der Waals surface area (Å²) in [4.78, 5) is 23.9. The van der Waals surface area contributed by atoms with E-state index in [1.165, 1.54) is 6.42 Å². The third-order valence-corrected chi connectivity index (χ3v) is 3.44. The third-order valence-electron chi connectivity index (χ3n) is 3.44. The highest BCUT2D eigenvalue weighted by Crippen LogP contribution is 2.36. The Morgan fingerprint density at radius 3 is 2.25 bits per heavy atom. The number of amides is 2. The number of nitrogens with one attached hydrogen (secondary N) is 2. The first-order valence-corrected chi connectivity index (χ1v) is 7.37. The number of carbonyl (C=O) groups is 2. The van der Waals surface area contributed by atoms with E-state index in [0.29, 0.717) is 18.4 Å². The molecule has 0 saturated heterocycles. The van der Waals surface area contributed by atoms with Crippen molar-refractivity contribution in [1.29, 1.82) is 0 Å². The maximum Gasteiger partial charge on any atom is 0.408 e. The van der Waals surface area contributed by atoms with Crippen LogP contribution >= 0.6 is 0 Å². The van der Waals surface area contributed by atoms with Gasteiger partial charge in [-0.1, -0.05) is 20.8 Å². The van der Waals surface area contributed by atoms with Crippen LogP contribution in [-0.4, -0.2) is 30.2 Å². The van der Waals surface area contributed by atoms with Crippen molar-refractivity contribution in [3.63, 3.8) is 0 Å². The van der Waals surface area contributed by atoms with Gasteiger partial charge in [0.15, 0.2) is 0 Å². The molecule has 1 fully saturated rings. The Kier molecular flexibility index (Phi) is 5.42. The second kappa shape index (κ2) is 6.46. The smallest absolute Gasteiger partial charge is 0.408 e. The van der Waals surface area contributed by atoms with Crippen molar-refractivity contribution in [3.05, 3.63) is 0 Å². The molecule has 116 valence electrons. The number of rotatable bonds is 5. The van der Waals surface area contributed by atoms with Gasteiger partial charge in [0.2, 0.25) is 5.91 Å². The molecule has 2 N–H and O–H groups in total. The van der Waals surface area contributed by atoms with Crippen LogP contribution in [0.3, 0.4) is 0 Å². The summed E-state index contributed by atoms with van der Waals surface area (Å²) in [6.07, 6.45) is 0.623. The van der Waals surface area contributed by atoms with Crippen molar-refractivity contribution in [1.82, 2.24) is 10.6 Å². The maximum atomic E-state index is 12.1. The molecule has 3 unspecified atom stereocenters. The first-order chi connectivity index (χ1) is 9.10. The van der Waals surface area contributed by atoms with Gasteiger partial charge in [0, 0.05) is 6.54 Å². The Balaban J connectivity index is 2.46. The Hall–Kier alpha value is -1.26. The van der Waals surface area contributed by atoms with E-state index in [0.717, 1.165) is 0 Å². The molecule has 1 aliphatic rings. The molecular formula is C15H28N2O3. The Bertz CT molecular complexity index is 361. The summed E-state index contributed by atoms with van der Waals surface area (Å²) in [5.74, 6) is 1.17. The molecule has 0 aliphatic heterocycles. The van der Waals surface area contributed by atoms with Crippen LogP contribution in [0.5, 0.6) is 0 Å². The molecule has 3 atom stereocenters. The van der Waals surface area contributed by atoms with Gasteiger partial charge in [-0.3, -0.25) is 4.79 Å². The second-order valence-corrected chi connectivity index (χ2v) is 7.09. The zero-order valence-corrected chi connectivity index (χ0v) is 13.4. The third kappa shape index (κ3) is 5.80. The first-order valence-electron chi connectivity index (χ1n) is 7.37. The molecule has 0 aromatic rings. The molecule has 0 bridgehead atoms. The highest BCUT2D eigenvalue weighted by Gasteiger charge is 2.34. The predicted molar refractivity (Wildman–Crippen MR) is 78.3 cm³/mol. The topological polar surface area (TPSA) is 67.4 Å². The molecule has 1 rings (SSSR count). The van der Waals surface area contributed by atoms with Gasteiger partial charge >= 0.3 is 6.09 Å². The molecule has 0 radical (unpaired) electrons. The number of alkyl carbamates (subject to hydrolysis) is 1. The number of hydrogen-bond acceptors (Lipinski definition) is 3. The summed E-state index contributed by atoms with van der Waals surface area (Å²) in [6, 6.07) is -0.557. The minimum atomic E-state index is -0.564. The lowest BCUT2D eigenvalue weighted by atomic mass is 10.0. The molecule has 0 aromatic heterocycles. The summed E-state index contributed by atoms with van der Waals surface area (Å²) in [5.41, 5.74) is -0.564. The van der Waals surface area contributed by atoms with Gasteiger partial charge in [0.1, 0.15) is 11.6 Å². The monoisotopic (exact) mass is 284 g/mol. The van der Waals surface area contributed by atoms with Crippen molar-refractivity contribution < 1.29 is 14.3 Å². The molecule has 2 amide bonds. The first kappa shape index (κ1) is 16.8. The lowest BCUT2D eigenvalue weighted by Gasteiger charge is -2.25. The van der Waals surface area contributed by atoms with Crippen LogP contribution in [0.2, 0.25) is 0 Å². The highest BCUT2D eigenvalue weighted by molar-refractivity contribution is 5.85. The fraction of sp³-hybridized carbons (Fsp3) is 0.867. The number of ether oxygens (including phenoxy) is 1. The van der Waals surface area contributed by atoms with Gasteiger partial charge in [-0.05, 0) is 44.9 Å². The van der Waals surface area contributed by atoms with Crippen LogP contribution in [0.1, 0.15) is 48.0 Å². The van der Waals surface area contributed by atoms with Crippen LogP contribution in [0.25, 0.3) is 0 Å². The fourth-order valence-electron chi connectivity index (χ4n) is 1.99. The fourth-order valence-corrected chi connectivity index (χ4v) is 1.99.